The summed E-state index contributed by atoms with van der Waals surface area (Å²) < 4.78 is 0. The van der Waals surface area contributed by atoms with Gasteiger partial charge in [-0.3, -0.25) is 0 Å². The minimum absolute atomic E-state index is 0.0867. The van der Waals surface area contributed by atoms with Crippen LogP contribution in [0.1, 0.15) is 25.0 Å². The molecule has 0 aromatic heterocycles. The largest absolute Gasteiger partial charge is 0.310 e. The van der Waals surface area contributed by atoms with Crippen molar-refractivity contribution in [3.8, 4) is 33.4 Å². The van der Waals surface area contributed by atoms with Crippen molar-refractivity contribution in [2.75, 3.05) is 4.90 Å². The van der Waals surface area contributed by atoms with Crippen LogP contribution in [0.15, 0.2) is 176 Å². The first kappa shape index (κ1) is 28.3. The van der Waals surface area contributed by atoms with Gasteiger partial charge in [0, 0.05) is 22.5 Å². The zero-order valence-electron chi connectivity index (χ0n) is 27.2. The van der Waals surface area contributed by atoms with Crippen LogP contribution in [0.3, 0.4) is 0 Å². The van der Waals surface area contributed by atoms with Crippen molar-refractivity contribution >= 4 is 38.6 Å². The average molecular weight is 614 g/mol. The number of nitrogens with zero attached hydrogens (tertiary/aromatic N) is 1. The molecule has 8 aromatic carbocycles. The van der Waals surface area contributed by atoms with E-state index in [2.05, 4.69) is 195 Å². The molecule has 228 valence electrons. The first-order valence-electron chi connectivity index (χ1n) is 16.8. The Hall–Kier alpha value is -5.92. The predicted molar refractivity (Wildman–Crippen MR) is 205 cm³/mol. The Morgan fingerprint density at radius 3 is 1.79 bits per heavy atom. The molecule has 0 radical (unpaired) electrons. The van der Waals surface area contributed by atoms with Crippen molar-refractivity contribution < 1.29 is 0 Å². The van der Waals surface area contributed by atoms with Crippen LogP contribution < -0.4 is 4.90 Å². The molecular formula is C47H35N. The van der Waals surface area contributed by atoms with Crippen molar-refractivity contribution in [1.82, 2.24) is 0 Å². The highest BCUT2D eigenvalue weighted by Gasteiger charge is 2.35. The zero-order valence-corrected chi connectivity index (χ0v) is 27.2. The fraction of sp³-hybridized carbons (Fsp3) is 0.0638. The molecule has 0 N–H and O–H groups in total. The molecule has 8 aromatic rings. The number of fused-ring (bicyclic) bond motifs is 6. The Morgan fingerprint density at radius 2 is 0.958 bits per heavy atom. The number of anilines is 3. The van der Waals surface area contributed by atoms with E-state index in [4.69, 9.17) is 0 Å². The van der Waals surface area contributed by atoms with Crippen molar-refractivity contribution in [3.05, 3.63) is 187 Å². The van der Waals surface area contributed by atoms with Crippen LogP contribution in [0.5, 0.6) is 0 Å². The van der Waals surface area contributed by atoms with Gasteiger partial charge in [0.2, 0.25) is 0 Å². The molecule has 0 saturated heterocycles. The Balaban J connectivity index is 1.22. The molecule has 0 amide bonds. The lowest BCUT2D eigenvalue weighted by Gasteiger charge is -2.28. The molecule has 0 bridgehead atoms. The smallest absolute Gasteiger partial charge is 0.0467 e. The van der Waals surface area contributed by atoms with Crippen LogP contribution in [0, 0.1) is 0 Å². The topological polar surface area (TPSA) is 3.24 Å². The van der Waals surface area contributed by atoms with Gasteiger partial charge in [0.25, 0.3) is 0 Å². The fourth-order valence-electron chi connectivity index (χ4n) is 7.82. The van der Waals surface area contributed by atoms with E-state index in [1.54, 1.807) is 0 Å². The van der Waals surface area contributed by atoms with E-state index in [1.807, 2.05) is 0 Å². The third-order valence-corrected chi connectivity index (χ3v) is 10.2. The summed E-state index contributed by atoms with van der Waals surface area (Å²) >= 11 is 0. The van der Waals surface area contributed by atoms with Gasteiger partial charge in [-0.05, 0) is 109 Å². The summed E-state index contributed by atoms with van der Waals surface area (Å²) in [4.78, 5) is 2.42. The number of hydrogen-bond acceptors (Lipinski definition) is 1. The molecule has 48 heavy (non-hydrogen) atoms. The lowest BCUT2D eigenvalue weighted by Crippen LogP contribution is -2.16. The second kappa shape index (κ2) is 11.1. The highest BCUT2D eigenvalue weighted by molar-refractivity contribution is 6.13. The van der Waals surface area contributed by atoms with Gasteiger partial charge in [-0.1, -0.05) is 147 Å². The van der Waals surface area contributed by atoms with E-state index in [1.165, 1.54) is 66.1 Å². The van der Waals surface area contributed by atoms with Crippen LogP contribution in [-0.4, -0.2) is 0 Å². The van der Waals surface area contributed by atoms with Crippen molar-refractivity contribution in [3.63, 3.8) is 0 Å². The Bertz CT molecular complexity index is 2470. The standard InChI is InChI=1S/C47H35N/c1-47(2)45-22-11-10-21-42(45)43-28-27-38(31-46(43)47)48(36-25-23-33(24-26-36)32-13-4-3-5-14-32)37-17-12-16-34(29-37)44-30-35-15-6-7-18-39(35)40-19-8-9-20-41(40)44/h3-31H,1-2H3. The third kappa shape index (κ3) is 4.54. The minimum Gasteiger partial charge on any atom is -0.310 e. The Kier molecular flexibility index (Phi) is 6.55. The summed E-state index contributed by atoms with van der Waals surface area (Å²) in [5.41, 5.74) is 13.6. The van der Waals surface area contributed by atoms with Crippen LogP contribution in [-0.2, 0) is 5.41 Å². The van der Waals surface area contributed by atoms with Gasteiger partial charge in [0.1, 0.15) is 0 Å². The second-order valence-electron chi connectivity index (χ2n) is 13.4. The van der Waals surface area contributed by atoms with Crippen molar-refractivity contribution in [2.45, 2.75) is 19.3 Å². The molecule has 0 atom stereocenters. The number of benzene rings is 8. The van der Waals surface area contributed by atoms with Crippen molar-refractivity contribution in [2.24, 2.45) is 0 Å². The normalized spacial score (nSPS) is 13.0. The Morgan fingerprint density at radius 1 is 0.354 bits per heavy atom. The summed E-state index contributed by atoms with van der Waals surface area (Å²) in [7, 11) is 0. The van der Waals surface area contributed by atoms with E-state index >= 15 is 0 Å². The summed E-state index contributed by atoms with van der Waals surface area (Å²) in [6, 6.07) is 64.4. The van der Waals surface area contributed by atoms with Crippen LogP contribution >= 0.6 is 0 Å². The third-order valence-electron chi connectivity index (χ3n) is 10.2. The summed E-state index contributed by atoms with van der Waals surface area (Å²) in [6.07, 6.45) is 0. The van der Waals surface area contributed by atoms with Gasteiger partial charge < -0.3 is 4.90 Å². The van der Waals surface area contributed by atoms with Gasteiger partial charge in [0.15, 0.2) is 0 Å². The summed E-state index contributed by atoms with van der Waals surface area (Å²) in [5, 5.41) is 5.09. The molecular weight excluding hydrogens is 579 g/mol. The molecule has 0 saturated carbocycles. The van der Waals surface area contributed by atoms with Gasteiger partial charge in [0.05, 0.1) is 0 Å². The molecule has 0 aliphatic heterocycles. The van der Waals surface area contributed by atoms with E-state index < -0.39 is 0 Å². The molecule has 1 nitrogen and oxygen atoms in total. The molecule has 1 heteroatoms. The Labute approximate surface area is 282 Å². The minimum atomic E-state index is -0.0867. The highest BCUT2D eigenvalue weighted by atomic mass is 15.1. The molecule has 9 rings (SSSR count). The van der Waals surface area contributed by atoms with Gasteiger partial charge in [-0.25, -0.2) is 0 Å². The van der Waals surface area contributed by atoms with E-state index in [0.29, 0.717) is 0 Å². The lowest BCUT2D eigenvalue weighted by atomic mass is 9.82. The highest BCUT2D eigenvalue weighted by Crippen LogP contribution is 2.51. The van der Waals surface area contributed by atoms with E-state index in [9.17, 15) is 0 Å². The van der Waals surface area contributed by atoms with E-state index in [-0.39, 0.29) is 5.41 Å². The molecule has 0 spiro atoms. The maximum Gasteiger partial charge on any atom is 0.0467 e. The molecule has 0 unspecified atom stereocenters. The molecule has 0 fully saturated rings. The van der Waals surface area contributed by atoms with Gasteiger partial charge in [-0.2, -0.15) is 0 Å². The fourth-order valence-corrected chi connectivity index (χ4v) is 7.82. The quantitative estimate of drug-likeness (QED) is 0.175. The maximum absolute atomic E-state index is 2.42. The summed E-state index contributed by atoms with van der Waals surface area (Å²) in [6.45, 7) is 4.71. The van der Waals surface area contributed by atoms with E-state index in [0.717, 1.165) is 17.1 Å². The first-order valence-corrected chi connectivity index (χ1v) is 16.8. The monoisotopic (exact) mass is 613 g/mol. The van der Waals surface area contributed by atoms with Gasteiger partial charge in [-0.15, -0.1) is 0 Å². The number of hydrogen-bond donors (Lipinski definition) is 0. The second-order valence-corrected chi connectivity index (χ2v) is 13.4. The average Bonchev–Trinajstić information content (AvgIpc) is 3.38. The molecule has 1 aliphatic rings. The summed E-state index contributed by atoms with van der Waals surface area (Å²) in [5.74, 6) is 0. The molecule has 1 aliphatic carbocycles. The van der Waals surface area contributed by atoms with Gasteiger partial charge >= 0.3 is 0 Å². The maximum atomic E-state index is 2.42. The number of rotatable bonds is 5. The van der Waals surface area contributed by atoms with Crippen LogP contribution in [0.4, 0.5) is 17.1 Å². The SMILES string of the molecule is CC1(C)c2ccccc2-c2ccc(N(c3ccc(-c4ccccc4)cc3)c3cccc(-c4cc5ccccc5c5ccccc45)c3)cc21. The van der Waals surface area contributed by atoms with Crippen LogP contribution in [0.25, 0.3) is 54.9 Å². The zero-order chi connectivity index (χ0) is 32.2. The van der Waals surface area contributed by atoms with Crippen molar-refractivity contribution in [1.29, 1.82) is 0 Å². The molecule has 0 heterocycles. The first-order chi connectivity index (χ1) is 23.6. The lowest BCUT2D eigenvalue weighted by molar-refractivity contribution is 0.660. The van der Waals surface area contributed by atoms with Crippen LogP contribution in [0.2, 0.25) is 0 Å². The predicted octanol–water partition coefficient (Wildman–Crippen LogP) is 13.1.